The molecule has 2 aliphatic rings. The zero-order valence-corrected chi connectivity index (χ0v) is 17.8. The Bertz CT molecular complexity index is 706. The Morgan fingerprint density at radius 2 is 2.00 bits per heavy atom. The summed E-state index contributed by atoms with van der Waals surface area (Å²) in [6, 6.07) is 0.348. The first-order valence-electron chi connectivity index (χ1n) is 10.6. The Kier molecular flexibility index (Phi) is 6.06. The van der Waals surface area contributed by atoms with E-state index >= 15 is 0 Å². The van der Waals surface area contributed by atoms with Crippen molar-refractivity contribution in [1.82, 2.24) is 19.8 Å². The molecule has 1 saturated heterocycles. The SMILES string of the molecule is CCCCN(CCC(=O)N1C[C@]2(C)C[C@H]1CC(C)(C)C2)C(=O)c1cnccn1. The number of hydrogen-bond acceptors (Lipinski definition) is 4. The molecule has 6 nitrogen and oxygen atoms in total. The standard InChI is InChI=1S/C22H34N4O2/c1-5-6-10-25(20(28)18-14-23-8-9-24-18)11-7-19(27)26-16-22(4)13-17(26)12-21(2,3)15-22/h8-9,14,17H,5-7,10-13,15-16H2,1-4H3/t17-,22-/m1/s1. The number of fused-ring (bicyclic) bond motifs is 2. The average molecular weight is 387 g/mol. The smallest absolute Gasteiger partial charge is 0.274 e. The Morgan fingerprint density at radius 1 is 1.21 bits per heavy atom. The van der Waals surface area contributed by atoms with Gasteiger partial charge in [-0.3, -0.25) is 14.6 Å². The monoisotopic (exact) mass is 386 g/mol. The highest BCUT2D eigenvalue weighted by Crippen LogP contribution is 2.52. The highest BCUT2D eigenvalue weighted by atomic mass is 16.2. The van der Waals surface area contributed by atoms with Crippen LogP contribution in [0.4, 0.5) is 0 Å². The van der Waals surface area contributed by atoms with E-state index in [2.05, 4.69) is 42.6 Å². The lowest BCUT2D eigenvalue weighted by Gasteiger charge is -2.39. The molecule has 2 bridgehead atoms. The van der Waals surface area contributed by atoms with Crippen LogP contribution in [0.3, 0.4) is 0 Å². The van der Waals surface area contributed by atoms with Crippen LogP contribution in [0.1, 0.15) is 76.7 Å². The van der Waals surface area contributed by atoms with Crippen molar-refractivity contribution in [2.75, 3.05) is 19.6 Å². The first-order valence-corrected chi connectivity index (χ1v) is 10.6. The Labute approximate surface area is 168 Å². The molecule has 2 amide bonds. The van der Waals surface area contributed by atoms with Crippen molar-refractivity contribution in [3.05, 3.63) is 24.3 Å². The summed E-state index contributed by atoms with van der Waals surface area (Å²) in [4.78, 5) is 37.8. The van der Waals surface area contributed by atoms with Crippen molar-refractivity contribution >= 4 is 11.8 Å². The zero-order chi connectivity index (χ0) is 20.4. The van der Waals surface area contributed by atoms with Crippen LogP contribution in [0.15, 0.2) is 18.6 Å². The van der Waals surface area contributed by atoms with E-state index in [1.54, 1.807) is 11.1 Å². The third kappa shape index (κ3) is 4.70. The summed E-state index contributed by atoms with van der Waals surface area (Å²) in [7, 11) is 0. The van der Waals surface area contributed by atoms with Crippen molar-refractivity contribution in [1.29, 1.82) is 0 Å². The number of unbranched alkanes of at least 4 members (excludes halogenated alkanes) is 1. The number of likely N-dealkylation sites (tertiary alicyclic amines) is 1. The number of rotatable bonds is 7. The van der Waals surface area contributed by atoms with Gasteiger partial charge in [0.2, 0.25) is 5.91 Å². The molecule has 2 atom stereocenters. The molecule has 0 radical (unpaired) electrons. The van der Waals surface area contributed by atoms with Gasteiger partial charge in [0.05, 0.1) is 6.20 Å². The molecule has 0 N–H and O–H groups in total. The number of hydrogen-bond donors (Lipinski definition) is 0. The van der Waals surface area contributed by atoms with Crippen LogP contribution in [0.5, 0.6) is 0 Å². The Balaban J connectivity index is 1.63. The molecular weight excluding hydrogens is 352 g/mol. The van der Waals surface area contributed by atoms with Crippen molar-refractivity contribution < 1.29 is 9.59 Å². The van der Waals surface area contributed by atoms with Gasteiger partial charge in [0.1, 0.15) is 5.69 Å². The Morgan fingerprint density at radius 3 is 2.68 bits per heavy atom. The van der Waals surface area contributed by atoms with Gasteiger partial charge in [0.25, 0.3) is 5.91 Å². The summed E-state index contributed by atoms with van der Waals surface area (Å²) >= 11 is 0. The van der Waals surface area contributed by atoms with E-state index in [1.165, 1.54) is 18.8 Å². The summed E-state index contributed by atoms with van der Waals surface area (Å²) in [5, 5.41) is 0. The average Bonchev–Trinajstić information content (AvgIpc) is 2.90. The second-order valence-corrected chi connectivity index (χ2v) is 9.72. The van der Waals surface area contributed by atoms with Gasteiger partial charge in [0, 0.05) is 44.5 Å². The van der Waals surface area contributed by atoms with Gasteiger partial charge < -0.3 is 9.80 Å². The fourth-order valence-corrected chi connectivity index (χ4v) is 5.36. The predicted octanol–water partition coefficient (Wildman–Crippen LogP) is 3.54. The molecule has 1 aromatic heterocycles. The molecule has 0 spiro atoms. The maximum absolute atomic E-state index is 13.0. The second kappa shape index (κ2) is 8.18. The van der Waals surface area contributed by atoms with Gasteiger partial charge >= 0.3 is 0 Å². The molecule has 2 heterocycles. The minimum absolute atomic E-state index is 0.136. The van der Waals surface area contributed by atoms with E-state index in [0.717, 1.165) is 32.2 Å². The second-order valence-electron chi connectivity index (χ2n) is 9.72. The molecule has 1 aromatic rings. The summed E-state index contributed by atoms with van der Waals surface area (Å²) in [6.07, 6.45) is 10.2. The number of nitrogens with zero attached hydrogens (tertiary/aromatic N) is 4. The highest BCUT2D eigenvalue weighted by Gasteiger charge is 2.50. The molecule has 1 aliphatic carbocycles. The van der Waals surface area contributed by atoms with Crippen molar-refractivity contribution in [3.63, 3.8) is 0 Å². The number of aromatic nitrogens is 2. The van der Waals surface area contributed by atoms with E-state index < -0.39 is 0 Å². The van der Waals surface area contributed by atoms with Crippen LogP contribution in [0.2, 0.25) is 0 Å². The first-order chi connectivity index (χ1) is 13.2. The molecule has 1 saturated carbocycles. The molecule has 0 aromatic carbocycles. The first kappa shape index (κ1) is 20.7. The van der Waals surface area contributed by atoms with Gasteiger partial charge in [-0.25, -0.2) is 4.98 Å². The predicted molar refractivity (Wildman–Crippen MR) is 109 cm³/mol. The van der Waals surface area contributed by atoms with Crippen LogP contribution < -0.4 is 0 Å². The van der Waals surface area contributed by atoms with Crippen LogP contribution in [-0.4, -0.2) is 57.3 Å². The van der Waals surface area contributed by atoms with Crippen LogP contribution >= 0.6 is 0 Å². The largest absolute Gasteiger partial charge is 0.339 e. The lowest BCUT2D eigenvalue weighted by atomic mass is 9.65. The number of carbonyl (C=O) groups is 2. The maximum Gasteiger partial charge on any atom is 0.274 e. The summed E-state index contributed by atoms with van der Waals surface area (Å²) in [6.45, 7) is 11.0. The van der Waals surface area contributed by atoms with E-state index in [-0.39, 0.29) is 17.2 Å². The van der Waals surface area contributed by atoms with E-state index in [0.29, 0.717) is 36.7 Å². The van der Waals surface area contributed by atoms with E-state index in [4.69, 9.17) is 0 Å². The van der Waals surface area contributed by atoms with Crippen molar-refractivity contribution in [2.45, 2.75) is 72.3 Å². The van der Waals surface area contributed by atoms with Gasteiger partial charge in [0.15, 0.2) is 0 Å². The van der Waals surface area contributed by atoms with Gasteiger partial charge in [-0.05, 0) is 36.5 Å². The summed E-state index contributed by atoms with van der Waals surface area (Å²) in [5.41, 5.74) is 0.874. The lowest BCUT2D eigenvalue weighted by Crippen LogP contribution is -2.40. The van der Waals surface area contributed by atoms with Gasteiger partial charge in [-0.1, -0.05) is 34.1 Å². The fraction of sp³-hybridized carbons (Fsp3) is 0.727. The molecule has 0 unspecified atom stereocenters. The molecule has 3 rings (SSSR count). The molecule has 28 heavy (non-hydrogen) atoms. The minimum atomic E-state index is -0.136. The Hall–Kier alpha value is -1.98. The third-order valence-electron chi connectivity index (χ3n) is 6.18. The zero-order valence-electron chi connectivity index (χ0n) is 17.8. The van der Waals surface area contributed by atoms with Crippen molar-refractivity contribution in [3.8, 4) is 0 Å². The van der Waals surface area contributed by atoms with Gasteiger partial charge in [-0.2, -0.15) is 0 Å². The van der Waals surface area contributed by atoms with E-state index in [9.17, 15) is 9.59 Å². The molecule has 6 heteroatoms. The lowest BCUT2D eigenvalue weighted by molar-refractivity contribution is -0.132. The normalized spacial score (nSPS) is 25.6. The summed E-state index contributed by atoms with van der Waals surface area (Å²) in [5.74, 6) is 0.0440. The van der Waals surface area contributed by atoms with Gasteiger partial charge in [-0.15, -0.1) is 0 Å². The number of carbonyl (C=O) groups excluding carboxylic acids is 2. The summed E-state index contributed by atoms with van der Waals surface area (Å²) < 4.78 is 0. The highest BCUT2D eigenvalue weighted by molar-refractivity contribution is 5.92. The van der Waals surface area contributed by atoms with Crippen molar-refractivity contribution in [2.24, 2.45) is 10.8 Å². The maximum atomic E-state index is 13.0. The fourth-order valence-electron chi connectivity index (χ4n) is 5.36. The molecular formula is C22H34N4O2. The van der Waals surface area contributed by atoms with Crippen LogP contribution in [0.25, 0.3) is 0 Å². The van der Waals surface area contributed by atoms with Crippen LogP contribution in [0, 0.1) is 10.8 Å². The minimum Gasteiger partial charge on any atom is -0.339 e. The number of amides is 2. The van der Waals surface area contributed by atoms with E-state index in [1.807, 2.05) is 0 Å². The molecule has 1 aliphatic heterocycles. The quantitative estimate of drug-likeness (QED) is 0.719. The molecule has 2 fully saturated rings. The van der Waals surface area contributed by atoms with Crippen LogP contribution in [-0.2, 0) is 4.79 Å². The topological polar surface area (TPSA) is 66.4 Å². The third-order valence-corrected chi connectivity index (χ3v) is 6.18. The molecule has 154 valence electrons.